The fraction of sp³-hybridized carbons (Fsp3) is 0.435. The van der Waals surface area contributed by atoms with E-state index in [1.807, 2.05) is 63.2 Å². The Balaban J connectivity index is 1.67. The molecule has 0 radical (unpaired) electrons. The van der Waals surface area contributed by atoms with Crippen molar-refractivity contribution >= 4 is 22.0 Å². The molecule has 0 saturated carbocycles. The molecule has 6 heteroatoms. The van der Waals surface area contributed by atoms with Crippen molar-refractivity contribution in [1.29, 1.82) is 0 Å². The minimum atomic E-state index is -0.474. The number of piperazine rings is 1. The maximum Gasteiger partial charge on any atom is 0.410 e. The largest absolute Gasteiger partial charge is 0.457 e. The summed E-state index contributed by atoms with van der Waals surface area (Å²) in [6, 6.07) is 16.2. The highest BCUT2D eigenvalue weighted by atomic mass is 79.9. The van der Waals surface area contributed by atoms with Gasteiger partial charge in [0.25, 0.3) is 0 Å². The van der Waals surface area contributed by atoms with Crippen molar-refractivity contribution in [3.63, 3.8) is 0 Å². The quantitative estimate of drug-likeness (QED) is 0.588. The van der Waals surface area contributed by atoms with Crippen LogP contribution in [0.5, 0.6) is 11.5 Å². The fourth-order valence-corrected chi connectivity index (χ4v) is 3.65. The summed E-state index contributed by atoms with van der Waals surface area (Å²) in [6.45, 7) is 10.7. The molecule has 1 heterocycles. The molecule has 3 rings (SSSR count). The van der Waals surface area contributed by atoms with Crippen LogP contribution in [0.3, 0.4) is 0 Å². The number of nitrogens with zero attached hydrogens (tertiary/aromatic N) is 2. The van der Waals surface area contributed by atoms with Gasteiger partial charge in [0.15, 0.2) is 0 Å². The van der Waals surface area contributed by atoms with Crippen molar-refractivity contribution < 1.29 is 14.3 Å². The number of benzene rings is 2. The van der Waals surface area contributed by atoms with Crippen molar-refractivity contribution in [1.82, 2.24) is 9.80 Å². The molecule has 29 heavy (non-hydrogen) atoms. The Morgan fingerprint density at radius 1 is 1.14 bits per heavy atom. The highest BCUT2D eigenvalue weighted by molar-refractivity contribution is 9.10. The molecule has 1 atom stereocenters. The zero-order chi connectivity index (χ0) is 21.0. The third kappa shape index (κ3) is 6.21. The van der Waals surface area contributed by atoms with Gasteiger partial charge in [0.05, 0.1) is 0 Å². The van der Waals surface area contributed by atoms with Gasteiger partial charge >= 0.3 is 6.09 Å². The number of carbonyl (C=O) groups excluding carboxylic acids is 1. The first kappa shape index (κ1) is 21.7. The first-order chi connectivity index (χ1) is 13.7. The van der Waals surface area contributed by atoms with Crippen molar-refractivity contribution in [3.05, 3.63) is 58.6 Å². The van der Waals surface area contributed by atoms with Crippen LogP contribution in [0.4, 0.5) is 4.79 Å². The van der Waals surface area contributed by atoms with Crippen molar-refractivity contribution in [2.24, 2.45) is 0 Å². The lowest BCUT2D eigenvalue weighted by Crippen LogP contribution is -2.54. The molecule has 1 fully saturated rings. The van der Waals surface area contributed by atoms with Crippen LogP contribution >= 0.6 is 15.9 Å². The van der Waals surface area contributed by atoms with Gasteiger partial charge in [-0.3, -0.25) is 4.90 Å². The number of para-hydroxylation sites is 1. The van der Waals surface area contributed by atoms with Gasteiger partial charge in [0.1, 0.15) is 17.1 Å². The number of amides is 1. The lowest BCUT2D eigenvalue weighted by Gasteiger charge is -2.40. The first-order valence-electron chi connectivity index (χ1n) is 9.94. The van der Waals surface area contributed by atoms with Crippen LogP contribution in [-0.4, -0.2) is 47.2 Å². The molecule has 0 N–H and O–H groups in total. The summed E-state index contributed by atoms with van der Waals surface area (Å²) in [6.07, 6.45) is -0.235. The zero-order valence-electron chi connectivity index (χ0n) is 17.5. The predicted octanol–water partition coefficient (Wildman–Crippen LogP) is 5.68. The summed E-state index contributed by atoms with van der Waals surface area (Å²) >= 11 is 3.54. The van der Waals surface area contributed by atoms with Crippen LogP contribution < -0.4 is 4.74 Å². The molecule has 0 aliphatic carbocycles. The maximum absolute atomic E-state index is 12.4. The van der Waals surface area contributed by atoms with Gasteiger partial charge in [0, 0.05) is 42.3 Å². The Hall–Kier alpha value is -2.05. The van der Waals surface area contributed by atoms with E-state index < -0.39 is 5.60 Å². The van der Waals surface area contributed by atoms with Gasteiger partial charge in [-0.2, -0.15) is 0 Å². The van der Waals surface area contributed by atoms with Gasteiger partial charge in [-0.15, -0.1) is 0 Å². The third-order valence-electron chi connectivity index (χ3n) is 4.79. The summed E-state index contributed by atoms with van der Waals surface area (Å²) < 4.78 is 12.6. The molecule has 1 aliphatic rings. The molecule has 0 bridgehead atoms. The zero-order valence-corrected chi connectivity index (χ0v) is 19.1. The monoisotopic (exact) mass is 460 g/mol. The molecule has 1 saturated heterocycles. The van der Waals surface area contributed by atoms with E-state index in [1.165, 1.54) is 0 Å². The van der Waals surface area contributed by atoms with Crippen molar-refractivity contribution in [3.8, 4) is 11.5 Å². The van der Waals surface area contributed by atoms with E-state index in [-0.39, 0.29) is 12.1 Å². The molecule has 1 amide bonds. The average molecular weight is 461 g/mol. The van der Waals surface area contributed by atoms with Crippen LogP contribution in [0.2, 0.25) is 0 Å². The van der Waals surface area contributed by atoms with E-state index in [2.05, 4.69) is 33.8 Å². The van der Waals surface area contributed by atoms with Gasteiger partial charge in [0.2, 0.25) is 0 Å². The smallest absolute Gasteiger partial charge is 0.410 e. The molecule has 156 valence electrons. The summed E-state index contributed by atoms with van der Waals surface area (Å²) in [5, 5.41) is 0. The third-order valence-corrected chi connectivity index (χ3v) is 5.28. The minimum Gasteiger partial charge on any atom is -0.457 e. The highest BCUT2D eigenvalue weighted by Gasteiger charge is 2.30. The Kier molecular flexibility index (Phi) is 6.85. The molecular weight excluding hydrogens is 432 g/mol. The highest BCUT2D eigenvalue weighted by Crippen LogP contribution is 2.30. The number of halogens is 1. The second kappa shape index (κ2) is 9.18. The summed E-state index contributed by atoms with van der Waals surface area (Å²) in [5.74, 6) is 1.65. The molecule has 2 aromatic rings. The summed E-state index contributed by atoms with van der Waals surface area (Å²) in [5.41, 5.74) is 0.646. The van der Waals surface area contributed by atoms with E-state index in [1.54, 1.807) is 4.90 Å². The van der Waals surface area contributed by atoms with Crippen LogP contribution in [0, 0.1) is 0 Å². The van der Waals surface area contributed by atoms with Crippen molar-refractivity contribution in [2.75, 3.05) is 19.6 Å². The number of carbonyl (C=O) groups is 1. The number of hydrogen-bond donors (Lipinski definition) is 0. The summed E-state index contributed by atoms with van der Waals surface area (Å²) in [4.78, 5) is 16.6. The van der Waals surface area contributed by atoms with Crippen LogP contribution in [0.25, 0.3) is 0 Å². The van der Waals surface area contributed by atoms with E-state index in [4.69, 9.17) is 9.47 Å². The number of hydrogen-bond acceptors (Lipinski definition) is 4. The maximum atomic E-state index is 12.4. The second-order valence-corrected chi connectivity index (χ2v) is 9.33. The standard InChI is InChI=1S/C23H29BrN2O3/c1-17-15-26(22(27)29-23(2,3)4)13-12-25(17)16-18-10-11-19(24)14-21(18)28-20-8-6-5-7-9-20/h5-11,14,17H,12-13,15-16H2,1-4H3/t17-/m1/s1. The van der Waals surface area contributed by atoms with Crippen LogP contribution in [0.15, 0.2) is 53.0 Å². The van der Waals surface area contributed by atoms with E-state index >= 15 is 0 Å². The summed E-state index contributed by atoms with van der Waals surface area (Å²) in [7, 11) is 0. The van der Waals surface area contributed by atoms with Crippen LogP contribution in [-0.2, 0) is 11.3 Å². The van der Waals surface area contributed by atoms with E-state index in [0.717, 1.165) is 34.6 Å². The van der Waals surface area contributed by atoms with Gasteiger partial charge in [-0.25, -0.2) is 4.79 Å². The van der Waals surface area contributed by atoms with E-state index in [9.17, 15) is 4.79 Å². The van der Waals surface area contributed by atoms with Crippen molar-refractivity contribution in [2.45, 2.75) is 45.9 Å². The molecule has 0 aromatic heterocycles. The second-order valence-electron chi connectivity index (χ2n) is 8.41. The van der Waals surface area contributed by atoms with E-state index in [0.29, 0.717) is 13.1 Å². The Morgan fingerprint density at radius 2 is 1.86 bits per heavy atom. The molecule has 0 spiro atoms. The van der Waals surface area contributed by atoms with Gasteiger partial charge in [-0.1, -0.05) is 40.2 Å². The lowest BCUT2D eigenvalue weighted by atomic mass is 10.1. The lowest BCUT2D eigenvalue weighted by molar-refractivity contribution is 0.00452. The molecule has 5 nitrogen and oxygen atoms in total. The Bertz CT molecular complexity index is 836. The van der Waals surface area contributed by atoms with Gasteiger partial charge < -0.3 is 14.4 Å². The molecule has 1 aliphatic heterocycles. The SMILES string of the molecule is C[C@@H]1CN(C(=O)OC(C)(C)C)CCN1Cc1ccc(Br)cc1Oc1ccccc1. The van der Waals surface area contributed by atoms with Gasteiger partial charge in [-0.05, 0) is 52.0 Å². The number of rotatable bonds is 4. The average Bonchev–Trinajstić information content (AvgIpc) is 2.64. The Morgan fingerprint density at radius 3 is 2.52 bits per heavy atom. The Labute approximate surface area is 181 Å². The fourth-order valence-electron chi connectivity index (χ4n) is 3.31. The molecule has 2 aromatic carbocycles. The minimum absolute atomic E-state index is 0.226. The predicted molar refractivity (Wildman–Crippen MR) is 118 cm³/mol. The first-order valence-corrected chi connectivity index (χ1v) is 10.7. The number of ether oxygens (including phenoxy) is 2. The molecular formula is C23H29BrN2O3. The normalized spacial score (nSPS) is 17.8. The van der Waals surface area contributed by atoms with Crippen LogP contribution in [0.1, 0.15) is 33.3 Å². The molecule has 0 unspecified atom stereocenters. The topological polar surface area (TPSA) is 42.0 Å².